The van der Waals surface area contributed by atoms with Crippen molar-refractivity contribution in [2.75, 3.05) is 0 Å². The van der Waals surface area contributed by atoms with Crippen molar-refractivity contribution >= 4 is 40.6 Å². The van der Waals surface area contributed by atoms with Gasteiger partial charge in [0.25, 0.3) is 11.8 Å². The molecule has 1 aromatic rings. The van der Waals surface area contributed by atoms with Gasteiger partial charge in [0, 0.05) is 3.57 Å². The second-order valence-electron chi connectivity index (χ2n) is 7.01. The van der Waals surface area contributed by atoms with Crippen LogP contribution in [-0.4, -0.2) is 23.0 Å². The van der Waals surface area contributed by atoms with Crippen LogP contribution in [0.15, 0.2) is 41.5 Å². The van der Waals surface area contributed by atoms with Crippen LogP contribution in [0.3, 0.4) is 0 Å². The fourth-order valence-electron chi connectivity index (χ4n) is 4.89. The van der Waals surface area contributed by atoms with Crippen LogP contribution in [0, 0.1) is 32.7 Å². The smallest absolute Gasteiger partial charge is 0.254 e. The van der Waals surface area contributed by atoms with E-state index in [-0.39, 0.29) is 40.9 Å². The molecule has 5 heteroatoms. The minimum Gasteiger partial charge on any atom is -0.272 e. The number of imide groups is 1. The van der Waals surface area contributed by atoms with Gasteiger partial charge in [0.15, 0.2) is 0 Å². The van der Waals surface area contributed by atoms with Crippen LogP contribution in [0.25, 0.3) is 0 Å². The van der Waals surface area contributed by atoms with E-state index >= 15 is 0 Å². The average Bonchev–Trinajstić information content (AvgIpc) is 3.13. The number of hydrazone groups is 1. The van der Waals surface area contributed by atoms with Crippen LogP contribution in [0.4, 0.5) is 0 Å². The number of rotatable bonds is 2. The number of fused-ring (bicyclic) bond motifs is 3. The maximum atomic E-state index is 12.7. The second kappa shape index (κ2) is 4.53. The molecule has 4 aliphatic rings. The van der Waals surface area contributed by atoms with Crippen molar-refractivity contribution < 1.29 is 9.59 Å². The predicted octanol–water partition coefficient (Wildman–Crippen LogP) is 2.82. The summed E-state index contributed by atoms with van der Waals surface area (Å²) < 4.78 is 1.10. The number of allylic oxidation sites excluding steroid dienone is 2. The van der Waals surface area contributed by atoms with Crippen LogP contribution in [0.5, 0.6) is 0 Å². The highest BCUT2D eigenvalue weighted by Crippen LogP contribution is 2.73. The zero-order valence-corrected chi connectivity index (χ0v) is 14.5. The SMILES string of the molecule is O=C1[C@@H]2[C@H](C(=O)N1/N=C\c1cccc(I)c1)[C@H]1C=C[C@H]2C12CC2. The van der Waals surface area contributed by atoms with Crippen LogP contribution < -0.4 is 0 Å². The number of halogens is 1. The van der Waals surface area contributed by atoms with Crippen LogP contribution in [0.1, 0.15) is 18.4 Å². The van der Waals surface area contributed by atoms with Crippen molar-refractivity contribution in [2.45, 2.75) is 12.8 Å². The molecule has 3 fully saturated rings. The quantitative estimate of drug-likeness (QED) is 0.321. The maximum Gasteiger partial charge on any atom is 0.254 e. The molecule has 1 spiro atoms. The standard InChI is InChI=1S/C18H15IN2O2/c19-11-3-1-2-10(8-11)9-20-21-16(22)14-12-4-5-13(15(14)17(21)23)18(12)6-7-18/h1-5,8-9,12-15H,6-7H2/b20-9-/t12-,13-,14-,15+/m1/s1. The lowest BCUT2D eigenvalue weighted by molar-refractivity contribution is -0.141. The number of carbonyl (C=O) groups excluding carboxylic acids is 2. The molecular weight excluding hydrogens is 403 g/mol. The molecule has 0 radical (unpaired) electrons. The molecule has 0 N–H and O–H groups in total. The molecule has 1 heterocycles. The minimum atomic E-state index is -0.173. The summed E-state index contributed by atoms with van der Waals surface area (Å²) in [6.07, 6.45) is 8.29. The van der Waals surface area contributed by atoms with E-state index in [0.29, 0.717) is 0 Å². The Hall–Kier alpha value is -1.50. The third-order valence-electron chi connectivity index (χ3n) is 6.00. The molecule has 1 aromatic carbocycles. The monoisotopic (exact) mass is 418 g/mol. The number of hydrogen-bond acceptors (Lipinski definition) is 3. The molecule has 3 aliphatic carbocycles. The van der Waals surface area contributed by atoms with E-state index in [2.05, 4.69) is 39.8 Å². The van der Waals surface area contributed by atoms with Crippen LogP contribution in [-0.2, 0) is 9.59 Å². The first-order valence-corrected chi connectivity index (χ1v) is 9.05. The van der Waals surface area contributed by atoms with E-state index in [0.717, 1.165) is 27.0 Å². The van der Waals surface area contributed by atoms with Gasteiger partial charge in [-0.2, -0.15) is 10.1 Å². The Kier molecular flexibility index (Phi) is 2.73. The van der Waals surface area contributed by atoms with Crippen molar-refractivity contribution in [1.29, 1.82) is 0 Å². The summed E-state index contributed by atoms with van der Waals surface area (Å²) in [7, 11) is 0. The van der Waals surface area contributed by atoms with Gasteiger partial charge in [0.2, 0.25) is 0 Å². The molecular formula is C18H15IN2O2. The molecule has 2 bridgehead atoms. The van der Waals surface area contributed by atoms with Gasteiger partial charge >= 0.3 is 0 Å². The number of amides is 2. The van der Waals surface area contributed by atoms with Crippen LogP contribution >= 0.6 is 22.6 Å². The van der Waals surface area contributed by atoms with Crippen molar-refractivity contribution in [3.8, 4) is 0 Å². The molecule has 2 saturated carbocycles. The van der Waals surface area contributed by atoms with E-state index in [1.165, 1.54) is 0 Å². The van der Waals surface area contributed by atoms with Crippen LogP contribution in [0.2, 0.25) is 0 Å². The maximum absolute atomic E-state index is 12.7. The summed E-state index contributed by atoms with van der Waals surface area (Å²) in [5.74, 6) is -0.0465. The summed E-state index contributed by atoms with van der Waals surface area (Å²) in [4.78, 5) is 25.5. The largest absolute Gasteiger partial charge is 0.272 e. The molecule has 23 heavy (non-hydrogen) atoms. The highest BCUT2D eigenvalue weighted by Gasteiger charge is 2.73. The minimum absolute atomic E-state index is 0.106. The first kappa shape index (κ1) is 13.9. The molecule has 0 aromatic heterocycles. The third-order valence-corrected chi connectivity index (χ3v) is 6.67. The Morgan fingerprint density at radius 1 is 1.13 bits per heavy atom. The van der Waals surface area contributed by atoms with Gasteiger partial charge in [-0.3, -0.25) is 9.59 Å². The molecule has 1 saturated heterocycles. The summed E-state index contributed by atoms with van der Waals surface area (Å²) in [5, 5.41) is 5.34. The fourth-order valence-corrected chi connectivity index (χ4v) is 5.46. The lowest BCUT2D eigenvalue weighted by Crippen LogP contribution is -2.30. The highest BCUT2D eigenvalue weighted by atomic mass is 127. The van der Waals surface area contributed by atoms with Crippen molar-refractivity contribution in [2.24, 2.45) is 34.2 Å². The van der Waals surface area contributed by atoms with Gasteiger partial charge in [-0.05, 0) is 70.4 Å². The van der Waals surface area contributed by atoms with E-state index < -0.39 is 0 Å². The molecule has 0 unspecified atom stereocenters. The first-order chi connectivity index (χ1) is 11.1. The summed E-state index contributed by atoms with van der Waals surface area (Å²) in [5.41, 5.74) is 1.14. The predicted molar refractivity (Wildman–Crippen MR) is 93.4 cm³/mol. The first-order valence-electron chi connectivity index (χ1n) is 7.97. The fraction of sp³-hybridized carbons (Fsp3) is 0.389. The zero-order valence-electron chi connectivity index (χ0n) is 12.4. The lowest BCUT2D eigenvalue weighted by Gasteiger charge is -2.18. The summed E-state index contributed by atoms with van der Waals surface area (Å²) in [6, 6.07) is 7.82. The van der Waals surface area contributed by atoms with Gasteiger partial charge < -0.3 is 0 Å². The molecule has 4 atom stereocenters. The number of hydrogen-bond donors (Lipinski definition) is 0. The number of benzene rings is 1. The topological polar surface area (TPSA) is 49.7 Å². The van der Waals surface area contributed by atoms with Gasteiger partial charge in [-0.25, -0.2) is 0 Å². The Balaban J connectivity index is 1.44. The van der Waals surface area contributed by atoms with Crippen molar-refractivity contribution in [1.82, 2.24) is 5.01 Å². The zero-order chi connectivity index (χ0) is 15.8. The highest BCUT2D eigenvalue weighted by molar-refractivity contribution is 14.1. The third kappa shape index (κ3) is 1.74. The van der Waals surface area contributed by atoms with E-state index in [9.17, 15) is 9.59 Å². The number of nitrogens with zero attached hydrogens (tertiary/aromatic N) is 2. The Morgan fingerprint density at radius 3 is 2.35 bits per heavy atom. The summed E-state index contributed by atoms with van der Waals surface area (Å²) >= 11 is 2.23. The summed E-state index contributed by atoms with van der Waals surface area (Å²) in [6.45, 7) is 0. The Morgan fingerprint density at radius 2 is 1.78 bits per heavy atom. The second-order valence-corrected chi connectivity index (χ2v) is 8.25. The normalized spacial score (nSPS) is 35.8. The molecule has 5 rings (SSSR count). The Bertz CT molecular complexity index is 762. The average molecular weight is 418 g/mol. The van der Waals surface area contributed by atoms with Crippen molar-refractivity contribution in [3.05, 3.63) is 45.6 Å². The van der Waals surface area contributed by atoms with Crippen molar-refractivity contribution in [3.63, 3.8) is 0 Å². The molecule has 1 aliphatic heterocycles. The molecule has 2 amide bonds. The van der Waals surface area contributed by atoms with E-state index in [4.69, 9.17) is 0 Å². The Labute approximate surface area is 147 Å². The van der Waals surface area contributed by atoms with E-state index in [1.807, 2.05) is 24.3 Å². The van der Waals surface area contributed by atoms with Gasteiger partial charge in [0.1, 0.15) is 0 Å². The molecule has 4 nitrogen and oxygen atoms in total. The molecule has 116 valence electrons. The van der Waals surface area contributed by atoms with Gasteiger partial charge in [-0.1, -0.05) is 24.3 Å². The van der Waals surface area contributed by atoms with E-state index in [1.54, 1.807) is 6.21 Å². The lowest BCUT2D eigenvalue weighted by atomic mass is 9.85. The number of carbonyl (C=O) groups is 2. The van der Waals surface area contributed by atoms with Gasteiger partial charge in [-0.15, -0.1) is 0 Å². The van der Waals surface area contributed by atoms with Gasteiger partial charge in [0.05, 0.1) is 18.1 Å².